The van der Waals surface area contributed by atoms with Crippen molar-refractivity contribution in [2.45, 2.75) is 38.5 Å². The van der Waals surface area contributed by atoms with Crippen molar-refractivity contribution in [1.29, 1.82) is 0 Å². The average molecular weight is 278 g/mol. The highest BCUT2D eigenvalue weighted by Crippen LogP contribution is 2.15. The van der Waals surface area contributed by atoms with Crippen molar-refractivity contribution in [3.63, 3.8) is 0 Å². The second-order valence-corrected chi connectivity index (χ2v) is 5.02. The molecule has 2 rings (SSSR count). The number of urea groups is 1. The van der Waals surface area contributed by atoms with Crippen molar-refractivity contribution in [2.24, 2.45) is 0 Å². The molecule has 0 unspecified atom stereocenters. The molecule has 1 aliphatic heterocycles. The van der Waals surface area contributed by atoms with Gasteiger partial charge in [-0.15, -0.1) is 0 Å². The first-order valence-corrected chi connectivity index (χ1v) is 6.98. The first-order valence-electron chi connectivity index (χ1n) is 6.98. The molecule has 5 nitrogen and oxygen atoms in total. The number of hydrogen-bond acceptors (Lipinski definition) is 3. The highest BCUT2D eigenvalue weighted by molar-refractivity contribution is 5.74. The Morgan fingerprint density at radius 2 is 2.20 bits per heavy atom. The van der Waals surface area contributed by atoms with Crippen LogP contribution in [-0.4, -0.2) is 31.9 Å². The summed E-state index contributed by atoms with van der Waals surface area (Å²) in [7, 11) is 1.63. The highest BCUT2D eigenvalue weighted by Gasteiger charge is 2.23. The van der Waals surface area contributed by atoms with Gasteiger partial charge in [-0.05, 0) is 37.5 Å². The molecule has 1 aromatic rings. The van der Waals surface area contributed by atoms with Crippen LogP contribution in [0.2, 0.25) is 0 Å². The molecule has 2 amide bonds. The molecular formula is C15H22N2O3. The first kappa shape index (κ1) is 14.7. The highest BCUT2D eigenvalue weighted by atomic mass is 16.5. The fraction of sp³-hybridized carbons (Fsp3) is 0.533. The van der Waals surface area contributed by atoms with Gasteiger partial charge < -0.3 is 20.1 Å². The maximum Gasteiger partial charge on any atom is 0.315 e. The van der Waals surface area contributed by atoms with Crippen LogP contribution in [0.15, 0.2) is 24.3 Å². The molecule has 0 aliphatic carbocycles. The summed E-state index contributed by atoms with van der Waals surface area (Å²) < 4.78 is 10.6. The molecule has 1 aromatic carbocycles. The molecule has 1 heterocycles. The molecule has 1 saturated heterocycles. The number of carbonyl (C=O) groups excluding carboxylic acids is 1. The number of ether oxygens (including phenoxy) is 2. The normalized spacial score (nSPS) is 19.4. The Balaban J connectivity index is 1.73. The van der Waals surface area contributed by atoms with Crippen molar-refractivity contribution in [2.75, 3.05) is 13.7 Å². The largest absolute Gasteiger partial charge is 0.497 e. The van der Waals surface area contributed by atoms with E-state index in [4.69, 9.17) is 9.47 Å². The van der Waals surface area contributed by atoms with E-state index in [2.05, 4.69) is 10.6 Å². The minimum atomic E-state index is -0.163. The van der Waals surface area contributed by atoms with E-state index in [-0.39, 0.29) is 18.2 Å². The van der Waals surface area contributed by atoms with E-state index in [1.165, 1.54) is 0 Å². The molecule has 0 aromatic heterocycles. The third kappa shape index (κ3) is 4.13. The quantitative estimate of drug-likeness (QED) is 0.866. The zero-order valence-electron chi connectivity index (χ0n) is 12.0. The van der Waals surface area contributed by atoms with E-state index in [1.807, 2.05) is 31.2 Å². The molecule has 2 N–H and O–H groups in total. The summed E-state index contributed by atoms with van der Waals surface area (Å²) in [6.07, 6.45) is 2.23. The molecule has 1 fully saturated rings. The molecule has 20 heavy (non-hydrogen) atoms. The van der Waals surface area contributed by atoms with E-state index in [1.54, 1.807) is 7.11 Å². The summed E-state index contributed by atoms with van der Waals surface area (Å²) in [5, 5.41) is 5.76. The van der Waals surface area contributed by atoms with E-state index in [0.717, 1.165) is 30.8 Å². The molecule has 110 valence electrons. The Kier molecular flexibility index (Phi) is 5.24. The summed E-state index contributed by atoms with van der Waals surface area (Å²) >= 11 is 0. The van der Waals surface area contributed by atoms with Gasteiger partial charge in [0.15, 0.2) is 0 Å². The van der Waals surface area contributed by atoms with Crippen molar-refractivity contribution >= 4 is 6.03 Å². The van der Waals surface area contributed by atoms with Gasteiger partial charge in [0.25, 0.3) is 0 Å². The lowest BCUT2D eigenvalue weighted by Gasteiger charge is -2.20. The zero-order chi connectivity index (χ0) is 14.4. The number of methoxy groups -OCH3 is 1. The van der Waals surface area contributed by atoms with Crippen LogP contribution in [0.25, 0.3) is 0 Å². The fourth-order valence-electron chi connectivity index (χ4n) is 2.27. The molecular weight excluding hydrogens is 256 g/mol. The number of hydrogen-bond donors (Lipinski definition) is 2. The second-order valence-electron chi connectivity index (χ2n) is 5.02. The van der Waals surface area contributed by atoms with Gasteiger partial charge in [-0.3, -0.25) is 0 Å². The Hall–Kier alpha value is -1.75. The average Bonchev–Trinajstić information content (AvgIpc) is 3.00. The third-order valence-corrected chi connectivity index (χ3v) is 3.49. The maximum absolute atomic E-state index is 11.8. The van der Waals surface area contributed by atoms with Gasteiger partial charge in [-0.1, -0.05) is 12.1 Å². The lowest BCUT2D eigenvalue weighted by Crippen LogP contribution is -2.45. The van der Waals surface area contributed by atoms with Gasteiger partial charge >= 0.3 is 6.03 Å². The smallest absolute Gasteiger partial charge is 0.315 e. The number of nitrogens with one attached hydrogen (secondary N) is 2. The summed E-state index contributed by atoms with van der Waals surface area (Å²) in [4.78, 5) is 11.8. The molecule has 5 heteroatoms. The van der Waals surface area contributed by atoms with E-state index < -0.39 is 0 Å². The molecule has 0 radical (unpaired) electrons. The number of amides is 2. The Labute approximate surface area is 119 Å². The van der Waals surface area contributed by atoms with Crippen LogP contribution in [0.4, 0.5) is 4.79 Å². The van der Waals surface area contributed by atoms with Crippen LogP contribution in [-0.2, 0) is 11.3 Å². The van der Waals surface area contributed by atoms with Crippen LogP contribution in [0.1, 0.15) is 25.3 Å². The summed E-state index contributed by atoms with van der Waals surface area (Å²) in [5.74, 6) is 0.810. The number of benzene rings is 1. The lowest BCUT2D eigenvalue weighted by atomic mass is 10.1. The van der Waals surface area contributed by atoms with Crippen LogP contribution in [0.3, 0.4) is 0 Å². The standard InChI is InChI=1S/C15H22N2O3/c1-11(14-4-3-9-20-14)17-15(18)16-10-12-5-7-13(19-2)8-6-12/h5-8,11,14H,3-4,9-10H2,1-2H3,(H2,16,17,18)/t11-,14-/m1/s1. The summed E-state index contributed by atoms with van der Waals surface area (Å²) in [6, 6.07) is 7.50. The number of rotatable bonds is 5. The van der Waals surface area contributed by atoms with Gasteiger partial charge in [0, 0.05) is 13.2 Å². The van der Waals surface area contributed by atoms with E-state index >= 15 is 0 Å². The molecule has 2 atom stereocenters. The van der Waals surface area contributed by atoms with Crippen molar-refractivity contribution in [3.8, 4) is 5.75 Å². The van der Waals surface area contributed by atoms with Gasteiger partial charge in [0.2, 0.25) is 0 Å². The molecule has 0 saturated carbocycles. The van der Waals surface area contributed by atoms with Crippen molar-refractivity contribution in [3.05, 3.63) is 29.8 Å². The predicted octanol–water partition coefficient (Wildman–Crippen LogP) is 2.06. The van der Waals surface area contributed by atoms with Gasteiger partial charge in [0.1, 0.15) is 5.75 Å². The Morgan fingerprint density at radius 1 is 1.45 bits per heavy atom. The maximum atomic E-state index is 11.8. The minimum absolute atomic E-state index is 0.0355. The first-order chi connectivity index (χ1) is 9.69. The van der Waals surface area contributed by atoms with Crippen LogP contribution < -0.4 is 15.4 Å². The van der Waals surface area contributed by atoms with Gasteiger partial charge in [-0.2, -0.15) is 0 Å². The summed E-state index contributed by atoms with van der Waals surface area (Å²) in [6.45, 7) is 3.27. The van der Waals surface area contributed by atoms with Gasteiger partial charge in [0.05, 0.1) is 19.3 Å². The molecule has 0 spiro atoms. The number of carbonyl (C=O) groups is 1. The van der Waals surface area contributed by atoms with Gasteiger partial charge in [-0.25, -0.2) is 4.79 Å². The zero-order valence-corrected chi connectivity index (χ0v) is 12.0. The predicted molar refractivity (Wildman–Crippen MR) is 76.8 cm³/mol. The topological polar surface area (TPSA) is 59.6 Å². The van der Waals surface area contributed by atoms with E-state index in [9.17, 15) is 4.79 Å². The van der Waals surface area contributed by atoms with E-state index in [0.29, 0.717) is 6.54 Å². The monoisotopic (exact) mass is 278 g/mol. The van der Waals surface area contributed by atoms with Crippen molar-refractivity contribution in [1.82, 2.24) is 10.6 Å². The Morgan fingerprint density at radius 3 is 2.80 bits per heavy atom. The van der Waals surface area contributed by atoms with Crippen LogP contribution in [0, 0.1) is 0 Å². The SMILES string of the molecule is COc1ccc(CNC(=O)N[C@H](C)[C@H]2CCCO2)cc1. The van der Waals surface area contributed by atoms with Crippen molar-refractivity contribution < 1.29 is 14.3 Å². The lowest BCUT2D eigenvalue weighted by molar-refractivity contribution is 0.0860. The third-order valence-electron chi connectivity index (χ3n) is 3.49. The minimum Gasteiger partial charge on any atom is -0.497 e. The van der Waals surface area contributed by atoms with Crippen LogP contribution >= 0.6 is 0 Å². The Bertz CT molecular complexity index is 427. The fourth-order valence-corrected chi connectivity index (χ4v) is 2.27. The van der Waals surface area contributed by atoms with Crippen LogP contribution in [0.5, 0.6) is 5.75 Å². The molecule has 0 bridgehead atoms. The molecule has 1 aliphatic rings. The summed E-state index contributed by atoms with van der Waals surface area (Å²) in [5.41, 5.74) is 1.03. The second kappa shape index (κ2) is 7.14.